The summed E-state index contributed by atoms with van der Waals surface area (Å²) in [5, 5.41) is 13.0. The molecule has 0 fully saturated rings. The summed E-state index contributed by atoms with van der Waals surface area (Å²) in [5.41, 5.74) is 3.81. The van der Waals surface area contributed by atoms with Crippen LogP contribution >= 0.6 is 0 Å². The number of hydrogen-bond donors (Lipinski definition) is 1. The lowest BCUT2D eigenvalue weighted by Gasteiger charge is -2.13. The SMILES string of the molecule is COc1ccc(C)c(C)c1-c1cc(C(=O)O)nn1C. The predicted molar refractivity (Wildman–Crippen MR) is 71.6 cm³/mol. The van der Waals surface area contributed by atoms with Gasteiger partial charge in [0, 0.05) is 12.6 Å². The summed E-state index contributed by atoms with van der Waals surface area (Å²) in [6.07, 6.45) is 0. The topological polar surface area (TPSA) is 64.3 Å². The second-order valence-electron chi connectivity index (χ2n) is 4.43. The molecule has 0 bridgehead atoms. The molecule has 1 heterocycles. The minimum absolute atomic E-state index is 0.0282. The number of benzene rings is 1. The van der Waals surface area contributed by atoms with Crippen LogP contribution in [0.2, 0.25) is 0 Å². The number of rotatable bonds is 3. The Bertz CT molecular complexity index is 644. The quantitative estimate of drug-likeness (QED) is 0.920. The molecule has 0 unspecified atom stereocenters. The second-order valence-corrected chi connectivity index (χ2v) is 4.43. The van der Waals surface area contributed by atoms with Crippen molar-refractivity contribution in [3.8, 4) is 17.0 Å². The summed E-state index contributed by atoms with van der Waals surface area (Å²) in [4.78, 5) is 11.0. The van der Waals surface area contributed by atoms with Gasteiger partial charge in [-0.25, -0.2) is 4.79 Å². The molecule has 0 saturated heterocycles. The Morgan fingerprint density at radius 2 is 2.05 bits per heavy atom. The van der Waals surface area contributed by atoms with Crippen molar-refractivity contribution in [2.75, 3.05) is 7.11 Å². The molecule has 1 aromatic heterocycles. The Morgan fingerprint density at radius 1 is 1.37 bits per heavy atom. The van der Waals surface area contributed by atoms with E-state index in [0.29, 0.717) is 5.75 Å². The van der Waals surface area contributed by atoms with Crippen molar-refractivity contribution in [2.45, 2.75) is 13.8 Å². The van der Waals surface area contributed by atoms with E-state index in [1.165, 1.54) is 0 Å². The number of aromatic nitrogens is 2. The molecule has 2 aromatic rings. The van der Waals surface area contributed by atoms with Crippen LogP contribution in [0.3, 0.4) is 0 Å². The molecule has 0 atom stereocenters. The highest BCUT2D eigenvalue weighted by Crippen LogP contribution is 2.34. The number of carbonyl (C=O) groups is 1. The maximum absolute atomic E-state index is 11.0. The van der Waals surface area contributed by atoms with Crippen LogP contribution < -0.4 is 4.74 Å². The Labute approximate surface area is 111 Å². The average Bonchev–Trinajstić information content (AvgIpc) is 2.74. The average molecular weight is 260 g/mol. The Kier molecular flexibility index (Phi) is 3.29. The fraction of sp³-hybridized carbons (Fsp3) is 0.286. The smallest absolute Gasteiger partial charge is 0.356 e. The summed E-state index contributed by atoms with van der Waals surface area (Å²) >= 11 is 0. The number of aromatic carboxylic acids is 1. The number of nitrogens with zero attached hydrogens (tertiary/aromatic N) is 2. The predicted octanol–water partition coefficient (Wildman–Crippen LogP) is 2.41. The maximum atomic E-state index is 11.0. The van der Waals surface area contributed by atoms with Crippen LogP contribution in [-0.2, 0) is 7.05 Å². The van der Waals surface area contributed by atoms with Crippen LogP contribution in [0.25, 0.3) is 11.3 Å². The van der Waals surface area contributed by atoms with Gasteiger partial charge in [-0.05, 0) is 37.1 Å². The number of aryl methyl sites for hydroxylation is 2. The fourth-order valence-electron chi connectivity index (χ4n) is 2.09. The van der Waals surface area contributed by atoms with Gasteiger partial charge < -0.3 is 9.84 Å². The number of carboxylic acids is 1. The van der Waals surface area contributed by atoms with E-state index in [-0.39, 0.29) is 5.69 Å². The van der Waals surface area contributed by atoms with E-state index in [1.54, 1.807) is 24.9 Å². The Morgan fingerprint density at radius 3 is 2.58 bits per heavy atom. The lowest BCUT2D eigenvalue weighted by Crippen LogP contribution is -2.00. The van der Waals surface area contributed by atoms with E-state index in [0.717, 1.165) is 22.4 Å². The molecule has 0 saturated carbocycles. The van der Waals surface area contributed by atoms with E-state index in [1.807, 2.05) is 26.0 Å². The van der Waals surface area contributed by atoms with E-state index in [2.05, 4.69) is 5.10 Å². The third-order valence-corrected chi connectivity index (χ3v) is 3.27. The molecule has 0 aliphatic carbocycles. The number of methoxy groups -OCH3 is 1. The van der Waals surface area contributed by atoms with Crippen molar-refractivity contribution < 1.29 is 14.6 Å². The molecule has 0 aliphatic rings. The van der Waals surface area contributed by atoms with Gasteiger partial charge >= 0.3 is 5.97 Å². The summed E-state index contributed by atoms with van der Waals surface area (Å²) in [7, 11) is 3.32. The van der Waals surface area contributed by atoms with Crippen LogP contribution in [0, 0.1) is 13.8 Å². The van der Waals surface area contributed by atoms with Crippen LogP contribution in [0.1, 0.15) is 21.6 Å². The van der Waals surface area contributed by atoms with Crippen LogP contribution in [0.5, 0.6) is 5.75 Å². The van der Waals surface area contributed by atoms with E-state index >= 15 is 0 Å². The van der Waals surface area contributed by atoms with Gasteiger partial charge in [0.2, 0.25) is 0 Å². The third-order valence-electron chi connectivity index (χ3n) is 3.27. The Balaban J connectivity index is 2.71. The zero-order valence-corrected chi connectivity index (χ0v) is 11.4. The molecular formula is C14H16N2O3. The van der Waals surface area contributed by atoms with Gasteiger partial charge in [-0.15, -0.1) is 0 Å². The number of carboxylic acid groups (broad SMARTS) is 1. The first kappa shape index (κ1) is 13.1. The van der Waals surface area contributed by atoms with Crippen molar-refractivity contribution in [3.63, 3.8) is 0 Å². The van der Waals surface area contributed by atoms with Gasteiger partial charge in [0.15, 0.2) is 5.69 Å². The first-order valence-electron chi connectivity index (χ1n) is 5.87. The summed E-state index contributed by atoms with van der Waals surface area (Å²) in [5.74, 6) is -0.325. The second kappa shape index (κ2) is 4.76. The van der Waals surface area contributed by atoms with Crippen LogP contribution in [0.4, 0.5) is 0 Å². The number of hydrogen-bond acceptors (Lipinski definition) is 3. The van der Waals surface area contributed by atoms with E-state index in [4.69, 9.17) is 9.84 Å². The standard InChI is InChI=1S/C14H16N2O3/c1-8-5-6-12(19-4)13(9(8)2)11-7-10(14(17)18)15-16(11)3/h5-7H,1-4H3,(H,17,18). The van der Waals surface area contributed by atoms with Gasteiger partial charge in [-0.3, -0.25) is 4.68 Å². The molecular weight excluding hydrogens is 244 g/mol. The normalized spacial score (nSPS) is 10.5. The van der Waals surface area contributed by atoms with Crippen molar-refractivity contribution in [1.29, 1.82) is 0 Å². The molecule has 5 nitrogen and oxygen atoms in total. The monoisotopic (exact) mass is 260 g/mol. The molecule has 0 amide bonds. The lowest BCUT2D eigenvalue weighted by atomic mass is 9.99. The summed E-state index contributed by atoms with van der Waals surface area (Å²) in [6.45, 7) is 3.99. The molecule has 0 spiro atoms. The zero-order chi connectivity index (χ0) is 14.2. The van der Waals surface area contributed by atoms with Gasteiger partial charge in [0.1, 0.15) is 5.75 Å². The van der Waals surface area contributed by atoms with Crippen molar-refractivity contribution in [1.82, 2.24) is 9.78 Å². The highest BCUT2D eigenvalue weighted by molar-refractivity contribution is 5.87. The maximum Gasteiger partial charge on any atom is 0.356 e. The first-order valence-corrected chi connectivity index (χ1v) is 5.87. The van der Waals surface area contributed by atoms with Gasteiger partial charge in [0.25, 0.3) is 0 Å². The van der Waals surface area contributed by atoms with E-state index < -0.39 is 5.97 Å². The molecule has 2 rings (SSSR count). The minimum atomic E-state index is -1.04. The molecule has 5 heteroatoms. The fourth-order valence-corrected chi connectivity index (χ4v) is 2.09. The zero-order valence-electron chi connectivity index (χ0n) is 11.4. The highest BCUT2D eigenvalue weighted by atomic mass is 16.5. The number of ether oxygens (including phenoxy) is 1. The van der Waals surface area contributed by atoms with Crippen LogP contribution in [0.15, 0.2) is 18.2 Å². The van der Waals surface area contributed by atoms with Crippen molar-refractivity contribution >= 4 is 5.97 Å². The first-order chi connectivity index (χ1) is 8.95. The minimum Gasteiger partial charge on any atom is -0.496 e. The lowest BCUT2D eigenvalue weighted by molar-refractivity contribution is 0.0689. The van der Waals surface area contributed by atoms with Gasteiger partial charge in [0.05, 0.1) is 12.8 Å². The molecule has 1 aromatic carbocycles. The molecule has 1 N–H and O–H groups in total. The molecule has 0 radical (unpaired) electrons. The Hall–Kier alpha value is -2.30. The van der Waals surface area contributed by atoms with E-state index in [9.17, 15) is 4.79 Å². The third kappa shape index (κ3) is 2.19. The van der Waals surface area contributed by atoms with Crippen LogP contribution in [-0.4, -0.2) is 28.0 Å². The van der Waals surface area contributed by atoms with Crippen molar-refractivity contribution in [2.24, 2.45) is 7.05 Å². The molecule has 100 valence electrons. The highest BCUT2D eigenvalue weighted by Gasteiger charge is 2.18. The van der Waals surface area contributed by atoms with Gasteiger partial charge in [-0.2, -0.15) is 5.10 Å². The van der Waals surface area contributed by atoms with Crippen molar-refractivity contribution in [3.05, 3.63) is 35.0 Å². The summed E-state index contributed by atoms with van der Waals surface area (Å²) < 4.78 is 6.94. The molecule has 0 aliphatic heterocycles. The van der Waals surface area contributed by atoms with Gasteiger partial charge in [-0.1, -0.05) is 6.07 Å². The summed E-state index contributed by atoms with van der Waals surface area (Å²) in [6, 6.07) is 5.42. The largest absolute Gasteiger partial charge is 0.496 e. The molecule has 19 heavy (non-hydrogen) atoms.